The Morgan fingerprint density at radius 1 is 1.26 bits per heavy atom. The molecular formula is C24H29N5O3S2. The predicted octanol–water partition coefficient (Wildman–Crippen LogP) is 4.78. The normalized spacial score (nSPS) is 15.6. The summed E-state index contributed by atoms with van der Waals surface area (Å²) in [6.07, 6.45) is 2.75. The van der Waals surface area contributed by atoms with Crippen LogP contribution in [0.2, 0.25) is 0 Å². The number of rotatable bonds is 7. The second-order valence-corrected chi connectivity index (χ2v) is 11.3. The minimum absolute atomic E-state index is 0.114. The van der Waals surface area contributed by atoms with Crippen molar-refractivity contribution in [3.63, 3.8) is 0 Å². The molecule has 1 aliphatic rings. The van der Waals surface area contributed by atoms with E-state index in [1.54, 1.807) is 11.6 Å². The number of hydrogen-bond donors (Lipinski definition) is 1. The molecule has 0 fully saturated rings. The fourth-order valence-corrected chi connectivity index (χ4v) is 6.15. The molecule has 1 aromatic carbocycles. The predicted molar refractivity (Wildman–Crippen MR) is 134 cm³/mol. The van der Waals surface area contributed by atoms with Crippen LogP contribution < -0.4 is 5.32 Å². The van der Waals surface area contributed by atoms with Crippen LogP contribution in [0.3, 0.4) is 0 Å². The molecule has 2 aromatic heterocycles. The summed E-state index contributed by atoms with van der Waals surface area (Å²) in [6, 6.07) is 9.51. The Morgan fingerprint density at radius 2 is 2.03 bits per heavy atom. The largest absolute Gasteiger partial charge is 0.462 e. The maximum absolute atomic E-state index is 12.9. The number of anilines is 1. The molecular weight excluding hydrogens is 470 g/mol. The zero-order chi connectivity index (χ0) is 24.3. The smallest absolute Gasteiger partial charge is 0.341 e. The number of para-hydroxylation sites is 1. The van der Waals surface area contributed by atoms with Crippen LogP contribution in [-0.4, -0.2) is 44.4 Å². The first-order valence-electron chi connectivity index (χ1n) is 11.4. The molecule has 0 saturated heterocycles. The van der Waals surface area contributed by atoms with Crippen molar-refractivity contribution in [3.05, 3.63) is 46.3 Å². The molecule has 180 valence electrons. The van der Waals surface area contributed by atoms with Gasteiger partial charge in [-0.2, -0.15) is 4.68 Å². The van der Waals surface area contributed by atoms with Gasteiger partial charge in [0.1, 0.15) is 5.00 Å². The number of amides is 1. The monoisotopic (exact) mass is 499 g/mol. The van der Waals surface area contributed by atoms with Gasteiger partial charge in [0.2, 0.25) is 11.1 Å². The van der Waals surface area contributed by atoms with Gasteiger partial charge in [-0.1, -0.05) is 50.7 Å². The van der Waals surface area contributed by atoms with E-state index in [9.17, 15) is 9.59 Å². The quantitative estimate of drug-likeness (QED) is 0.369. The maximum atomic E-state index is 12.9. The molecule has 3 aromatic rings. The van der Waals surface area contributed by atoms with Gasteiger partial charge in [0.15, 0.2) is 0 Å². The highest BCUT2D eigenvalue weighted by atomic mass is 32.2. The number of ether oxygens (including phenoxy) is 1. The minimum Gasteiger partial charge on any atom is -0.462 e. The van der Waals surface area contributed by atoms with Gasteiger partial charge in [-0.3, -0.25) is 4.79 Å². The van der Waals surface area contributed by atoms with Crippen molar-refractivity contribution in [1.29, 1.82) is 0 Å². The van der Waals surface area contributed by atoms with E-state index >= 15 is 0 Å². The minimum atomic E-state index is -0.370. The van der Waals surface area contributed by atoms with Crippen LogP contribution in [0.15, 0.2) is 35.5 Å². The SMILES string of the molecule is CCOC(=O)c1c(NC(=O)CSc2nnnn2-c2ccccc2)sc2c1CC[C@H](C(C)(C)C)C2. The average Bonchev–Trinajstić information content (AvgIpc) is 3.41. The van der Waals surface area contributed by atoms with Crippen LogP contribution in [0.5, 0.6) is 0 Å². The third-order valence-corrected chi connectivity index (χ3v) is 8.09. The number of thioether (sulfide) groups is 1. The summed E-state index contributed by atoms with van der Waals surface area (Å²) in [5.41, 5.74) is 2.55. The summed E-state index contributed by atoms with van der Waals surface area (Å²) < 4.78 is 6.93. The lowest BCUT2D eigenvalue weighted by Gasteiger charge is -2.33. The van der Waals surface area contributed by atoms with Crippen molar-refractivity contribution in [1.82, 2.24) is 20.2 Å². The highest BCUT2D eigenvalue weighted by Gasteiger charge is 2.34. The molecule has 1 N–H and O–H groups in total. The van der Waals surface area contributed by atoms with Gasteiger partial charge in [0.05, 0.1) is 23.6 Å². The van der Waals surface area contributed by atoms with Gasteiger partial charge in [0.25, 0.3) is 0 Å². The molecule has 1 amide bonds. The molecule has 10 heteroatoms. The van der Waals surface area contributed by atoms with Gasteiger partial charge in [-0.15, -0.1) is 16.4 Å². The first kappa shape index (κ1) is 24.4. The number of nitrogens with zero attached hydrogens (tertiary/aromatic N) is 4. The lowest BCUT2D eigenvalue weighted by molar-refractivity contribution is -0.113. The van der Waals surface area contributed by atoms with Crippen LogP contribution in [0.1, 0.15) is 54.9 Å². The Hall–Kier alpha value is -2.72. The number of benzene rings is 1. The Labute approximate surface area is 207 Å². The number of nitrogens with one attached hydrogen (secondary N) is 1. The van der Waals surface area contributed by atoms with E-state index in [0.29, 0.717) is 28.2 Å². The molecule has 0 unspecified atom stereocenters. The molecule has 0 radical (unpaired) electrons. The van der Waals surface area contributed by atoms with Crippen molar-refractivity contribution in [2.75, 3.05) is 17.7 Å². The van der Waals surface area contributed by atoms with Gasteiger partial charge >= 0.3 is 5.97 Å². The Morgan fingerprint density at radius 3 is 2.74 bits per heavy atom. The Balaban J connectivity index is 1.50. The average molecular weight is 500 g/mol. The fourth-order valence-electron chi connectivity index (χ4n) is 4.13. The molecule has 0 spiro atoms. The third kappa shape index (κ3) is 5.33. The molecule has 1 atom stereocenters. The van der Waals surface area contributed by atoms with E-state index in [1.165, 1.54) is 28.0 Å². The van der Waals surface area contributed by atoms with Crippen molar-refractivity contribution in [2.24, 2.45) is 11.3 Å². The molecule has 0 saturated carbocycles. The van der Waals surface area contributed by atoms with Gasteiger partial charge < -0.3 is 10.1 Å². The number of hydrogen-bond acceptors (Lipinski definition) is 8. The van der Waals surface area contributed by atoms with E-state index in [2.05, 4.69) is 41.6 Å². The molecule has 0 bridgehead atoms. The van der Waals surface area contributed by atoms with Gasteiger partial charge in [0, 0.05) is 4.88 Å². The maximum Gasteiger partial charge on any atom is 0.341 e. The lowest BCUT2D eigenvalue weighted by atomic mass is 9.72. The van der Waals surface area contributed by atoms with E-state index < -0.39 is 0 Å². The molecule has 4 rings (SSSR count). The second kappa shape index (κ2) is 10.3. The summed E-state index contributed by atoms with van der Waals surface area (Å²) >= 11 is 2.74. The second-order valence-electron chi connectivity index (χ2n) is 9.28. The summed E-state index contributed by atoms with van der Waals surface area (Å²) in [7, 11) is 0. The first-order chi connectivity index (χ1) is 16.3. The fraction of sp³-hybridized carbons (Fsp3) is 0.458. The summed E-state index contributed by atoms with van der Waals surface area (Å²) in [5.74, 6) is 0.0572. The highest BCUT2D eigenvalue weighted by molar-refractivity contribution is 7.99. The molecule has 1 aliphatic carbocycles. The number of esters is 1. The van der Waals surface area contributed by atoms with Crippen molar-refractivity contribution >= 4 is 40.0 Å². The van der Waals surface area contributed by atoms with Crippen LogP contribution in [0.4, 0.5) is 5.00 Å². The van der Waals surface area contributed by atoms with Gasteiger partial charge in [-0.05, 0) is 65.6 Å². The molecule has 0 aliphatic heterocycles. The van der Waals surface area contributed by atoms with E-state index in [-0.39, 0.29) is 23.0 Å². The van der Waals surface area contributed by atoms with E-state index in [1.807, 2.05) is 30.3 Å². The number of tetrazole rings is 1. The highest BCUT2D eigenvalue weighted by Crippen LogP contribution is 2.44. The zero-order valence-corrected chi connectivity index (χ0v) is 21.5. The molecule has 8 nitrogen and oxygen atoms in total. The van der Waals surface area contributed by atoms with Gasteiger partial charge in [-0.25, -0.2) is 4.79 Å². The topological polar surface area (TPSA) is 99.0 Å². The van der Waals surface area contributed by atoms with E-state index in [4.69, 9.17) is 4.74 Å². The number of carbonyl (C=O) groups is 2. The zero-order valence-electron chi connectivity index (χ0n) is 19.8. The first-order valence-corrected chi connectivity index (χ1v) is 13.2. The number of fused-ring (bicyclic) bond motifs is 1. The summed E-state index contributed by atoms with van der Waals surface area (Å²) in [5, 5.41) is 15.9. The molecule has 2 heterocycles. The summed E-state index contributed by atoms with van der Waals surface area (Å²) in [4.78, 5) is 26.8. The third-order valence-electron chi connectivity index (χ3n) is 6.00. The molecule has 34 heavy (non-hydrogen) atoms. The lowest BCUT2D eigenvalue weighted by Crippen LogP contribution is -2.26. The standard InChI is InChI=1S/C24H29N5O3S2/c1-5-32-22(31)20-17-12-11-15(24(2,3)4)13-18(17)34-21(20)25-19(30)14-33-23-26-27-28-29(23)16-9-7-6-8-10-16/h6-10,15H,5,11-14H2,1-4H3,(H,25,30)/t15-/m0/s1. The van der Waals surface area contributed by atoms with Crippen molar-refractivity contribution in [2.45, 2.75) is 52.1 Å². The van der Waals surface area contributed by atoms with Crippen molar-refractivity contribution in [3.8, 4) is 5.69 Å². The Bertz CT molecular complexity index is 1170. The number of carbonyl (C=O) groups excluding carboxylic acids is 2. The Kier molecular flexibility index (Phi) is 7.37. The number of thiophene rings is 1. The van der Waals surface area contributed by atoms with Crippen LogP contribution in [0, 0.1) is 11.3 Å². The van der Waals surface area contributed by atoms with E-state index in [0.717, 1.165) is 30.5 Å². The van der Waals surface area contributed by atoms with Crippen LogP contribution in [0.25, 0.3) is 5.69 Å². The van der Waals surface area contributed by atoms with Crippen molar-refractivity contribution < 1.29 is 14.3 Å². The summed E-state index contributed by atoms with van der Waals surface area (Å²) in [6.45, 7) is 8.85. The van der Waals surface area contributed by atoms with Crippen LogP contribution >= 0.6 is 23.1 Å². The number of aromatic nitrogens is 4. The van der Waals surface area contributed by atoms with Crippen LogP contribution in [-0.2, 0) is 22.4 Å².